The van der Waals surface area contributed by atoms with E-state index in [4.69, 9.17) is 0 Å². The van der Waals surface area contributed by atoms with Crippen LogP contribution in [-0.4, -0.2) is 30.6 Å². The Kier molecular flexibility index (Phi) is 2.28. The van der Waals surface area contributed by atoms with Crippen molar-refractivity contribution in [2.45, 2.75) is 13.0 Å². The van der Waals surface area contributed by atoms with E-state index >= 15 is 0 Å². The molecule has 0 amide bonds. The first-order valence-electron chi connectivity index (χ1n) is 5.53. The molecule has 0 aromatic heterocycles. The molecule has 15 heavy (non-hydrogen) atoms. The van der Waals surface area contributed by atoms with Gasteiger partial charge in [-0.1, -0.05) is 6.07 Å². The minimum absolute atomic E-state index is 0.693. The van der Waals surface area contributed by atoms with Crippen molar-refractivity contribution in [3.8, 4) is 0 Å². The normalized spacial score (nSPS) is 24.1. The van der Waals surface area contributed by atoms with Crippen LogP contribution in [0.25, 0.3) is 0 Å². The summed E-state index contributed by atoms with van der Waals surface area (Å²) < 4.78 is 0. The minimum Gasteiger partial charge on any atom is -0.381 e. The highest BCUT2D eigenvalue weighted by atomic mass is 32.2. The van der Waals surface area contributed by atoms with Crippen molar-refractivity contribution in [3.63, 3.8) is 0 Å². The number of anilines is 2. The lowest BCUT2D eigenvalue weighted by atomic mass is 10.1. The van der Waals surface area contributed by atoms with Gasteiger partial charge >= 0.3 is 0 Å². The Hall–Kier alpha value is -0.830. The van der Waals surface area contributed by atoms with Crippen molar-refractivity contribution in [1.29, 1.82) is 0 Å². The predicted molar refractivity (Wildman–Crippen MR) is 68.1 cm³/mol. The molecule has 0 saturated carbocycles. The number of fused-ring (bicyclic) bond motifs is 3. The fraction of sp³-hybridized carbons (Fsp3) is 0.500. The largest absolute Gasteiger partial charge is 0.381 e. The Morgan fingerprint density at radius 2 is 2.40 bits per heavy atom. The Morgan fingerprint density at radius 3 is 3.33 bits per heavy atom. The van der Waals surface area contributed by atoms with Crippen LogP contribution in [0.1, 0.15) is 5.56 Å². The molecule has 1 saturated heterocycles. The van der Waals surface area contributed by atoms with E-state index < -0.39 is 0 Å². The van der Waals surface area contributed by atoms with Crippen molar-refractivity contribution >= 4 is 23.1 Å². The lowest BCUT2D eigenvalue weighted by molar-refractivity contribution is 0.656. The highest BCUT2D eigenvalue weighted by Gasteiger charge is 2.28. The van der Waals surface area contributed by atoms with Crippen LogP contribution in [0.5, 0.6) is 0 Å². The number of hydrogen-bond donors (Lipinski definition) is 1. The fourth-order valence-corrected chi connectivity index (χ4v) is 3.46. The molecule has 80 valence electrons. The lowest BCUT2D eigenvalue weighted by Gasteiger charge is -2.42. The first kappa shape index (κ1) is 9.40. The average molecular weight is 220 g/mol. The van der Waals surface area contributed by atoms with Gasteiger partial charge in [0.05, 0.1) is 17.4 Å². The van der Waals surface area contributed by atoms with Crippen molar-refractivity contribution < 1.29 is 0 Å². The molecule has 1 N–H and O–H groups in total. The summed E-state index contributed by atoms with van der Waals surface area (Å²) in [7, 11) is 0. The van der Waals surface area contributed by atoms with E-state index in [-0.39, 0.29) is 0 Å². The molecule has 1 aromatic rings. The molecule has 3 heteroatoms. The van der Waals surface area contributed by atoms with Gasteiger partial charge < -0.3 is 10.2 Å². The molecule has 2 aliphatic rings. The topological polar surface area (TPSA) is 15.3 Å². The molecule has 0 radical (unpaired) electrons. The van der Waals surface area contributed by atoms with Crippen molar-refractivity contribution in [2.24, 2.45) is 0 Å². The number of rotatable bonds is 0. The van der Waals surface area contributed by atoms with Gasteiger partial charge in [-0.15, -0.1) is 0 Å². The van der Waals surface area contributed by atoms with E-state index in [0.717, 1.165) is 6.54 Å². The second kappa shape index (κ2) is 3.63. The number of nitrogens with zero attached hydrogens (tertiary/aromatic N) is 1. The molecule has 1 atom stereocenters. The van der Waals surface area contributed by atoms with Gasteiger partial charge in [-0.3, -0.25) is 0 Å². The molecule has 0 aliphatic carbocycles. The average Bonchev–Trinajstić information content (AvgIpc) is 2.29. The minimum atomic E-state index is 0.693. The summed E-state index contributed by atoms with van der Waals surface area (Å²) in [6.07, 6.45) is 0. The maximum atomic E-state index is 3.53. The summed E-state index contributed by atoms with van der Waals surface area (Å²) in [5.74, 6) is 2.53. The second-order valence-corrected chi connectivity index (χ2v) is 5.47. The number of hydrogen-bond acceptors (Lipinski definition) is 3. The molecule has 0 bridgehead atoms. The van der Waals surface area contributed by atoms with Gasteiger partial charge in [0, 0.05) is 24.6 Å². The summed E-state index contributed by atoms with van der Waals surface area (Å²) in [4.78, 5) is 2.58. The van der Waals surface area contributed by atoms with Crippen molar-refractivity contribution in [2.75, 3.05) is 34.8 Å². The van der Waals surface area contributed by atoms with Gasteiger partial charge in [0.1, 0.15) is 0 Å². The van der Waals surface area contributed by atoms with E-state index in [1.807, 2.05) is 0 Å². The van der Waals surface area contributed by atoms with E-state index in [9.17, 15) is 0 Å². The van der Waals surface area contributed by atoms with Crippen LogP contribution < -0.4 is 10.2 Å². The zero-order valence-electron chi connectivity index (χ0n) is 8.99. The Morgan fingerprint density at radius 1 is 1.47 bits per heavy atom. The Balaban J connectivity index is 2.01. The van der Waals surface area contributed by atoms with Gasteiger partial charge in [-0.2, -0.15) is 11.8 Å². The van der Waals surface area contributed by atoms with E-state index in [1.54, 1.807) is 0 Å². The maximum Gasteiger partial charge on any atom is 0.0608 e. The molecule has 2 nitrogen and oxygen atoms in total. The molecular formula is C12H16N2S. The Labute approximate surface area is 95.0 Å². The fourth-order valence-electron chi connectivity index (χ4n) is 2.40. The number of nitrogens with one attached hydrogen (secondary N) is 1. The standard InChI is InChI=1S/C12H16N2S/c1-9-2-3-11-12(6-9)14-4-5-15-8-10(14)7-13-11/h2-3,6,10,13H,4-5,7-8H2,1H3. The monoisotopic (exact) mass is 220 g/mol. The summed E-state index contributed by atoms with van der Waals surface area (Å²) in [5.41, 5.74) is 4.07. The summed E-state index contributed by atoms with van der Waals surface area (Å²) >= 11 is 2.08. The van der Waals surface area contributed by atoms with Crippen LogP contribution in [0.3, 0.4) is 0 Å². The number of benzene rings is 1. The van der Waals surface area contributed by atoms with Gasteiger partial charge in [0.2, 0.25) is 0 Å². The first-order valence-corrected chi connectivity index (χ1v) is 6.69. The quantitative estimate of drug-likeness (QED) is 0.722. The SMILES string of the molecule is Cc1ccc2c(c1)N1CCSCC1CN2. The number of aryl methyl sites for hydroxylation is 1. The van der Waals surface area contributed by atoms with Crippen LogP contribution in [0.15, 0.2) is 18.2 Å². The molecule has 2 heterocycles. The van der Waals surface area contributed by atoms with E-state index in [1.165, 1.54) is 35.0 Å². The third-order valence-electron chi connectivity index (χ3n) is 3.22. The van der Waals surface area contributed by atoms with Crippen LogP contribution in [-0.2, 0) is 0 Å². The third kappa shape index (κ3) is 1.59. The lowest BCUT2D eigenvalue weighted by Crippen LogP contribution is -2.49. The maximum absolute atomic E-state index is 3.53. The Bertz CT molecular complexity index is 378. The summed E-state index contributed by atoms with van der Waals surface area (Å²) in [6.45, 7) is 4.47. The number of thioether (sulfide) groups is 1. The zero-order valence-corrected chi connectivity index (χ0v) is 9.81. The zero-order chi connectivity index (χ0) is 10.3. The van der Waals surface area contributed by atoms with Gasteiger partial charge in [0.25, 0.3) is 0 Å². The molecule has 1 unspecified atom stereocenters. The first-order chi connectivity index (χ1) is 7.34. The van der Waals surface area contributed by atoms with Crippen LogP contribution in [0.2, 0.25) is 0 Å². The van der Waals surface area contributed by atoms with Gasteiger partial charge in [-0.05, 0) is 24.6 Å². The second-order valence-electron chi connectivity index (χ2n) is 4.32. The van der Waals surface area contributed by atoms with Gasteiger partial charge in [0.15, 0.2) is 0 Å². The third-order valence-corrected chi connectivity index (χ3v) is 4.31. The molecule has 2 aliphatic heterocycles. The van der Waals surface area contributed by atoms with Crippen molar-refractivity contribution in [1.82, 2.24) is 0 Å². The predicted octanol–water partition coefficient (Wildman–Crippen LogP) is 2.34. The highest BCUT2D eigenvalue weighted by molar-refractivity contribution is 7.99. The van der Waals surface area contributed by atoms with Crippen molar-refractivity contribution in [3.05, 3.63) is 23.8 Å². The van der Waals surface area contributed by atoms with Crippen LogP contribution >= 0.6 is 11.8 Å². The molecular weight excluding hydrogens is 204 g/mol. The molecule has 1 fully saturated rings. The van der Waals surface area contributed by atoms with E-state index in [2.05, 4.69) is 47.1 Å². The van der Waals surface area contributed by atoms with Crippen LogP contribution in [0.4, 0.5) is 11.4 Å². The molecule has 0 spiro atoms. The van der Waals surface area contributed by atoms with Gasteiger partial charge in [-0.25, -0.2) is 0 Å². The smallest absolute Gasteiger partial charge is 0.0608 e. The highest BCUT2D eigenvalue weighted by Crippen LogP contribution is 2.35. The van der Waals surface area contributed by atoms with E-state index in [0.29, 0.717) is 6.04 Å². The van der Waals surface area contributed by atoms with Crippen LogP contribution in [0, 0.1) is 6.92 Å². The molecule has 1 aromatic carbocycles. The summed E-state index contributed by atoms with van der Waals surface area (Å²) in [5, 5.41) is 3.53. The molecule has 3 rings (SSSR count). The summed E-state index contributed by atoms with van der Waals surface area (Å²) in [6, 6.07) is 7.40.